The number of carbonyl (C=O) groups is 1. The van der Waals surface area contributed by atoms with Gasteiger partial charge in [-0.25, -0.2) is 9.48 Å². The smallest absolute Gasteiger partial charge is 0.346 e. The van der Waals surface area contributed by atoms with E-state index in [2.05, 4.69) is 9.84 Å². The molecule has 2 aromatic rings. The highest BCUT2D eigenvalue weighted by Gasteiger charge is 2.22. The van der Waals surface area contributed by atoms with Crippen molar-refractivity contribution >= 4 is 23.4 Å². The molecule has 20 heavy (non-hydrogen) atoms. The topological polar surface area (TPSA) is 79.4 Å². The quantitative estimate of drug-likeness (QED) is 0.873. The number of para-hydroxylation sites is 1. The van der Waals surface area contributed by atoms with Gasteiger partial charge in [-0.3, -0.25) is 0 Å². The van der Waals surface area contributed by atoms with Crippen LogP contribution in [0.1, 0.15) is 6.92 Å². The van der Waals surface area contributed by atoms with Gasteiger partial charge in [-0.1, -0.05) is 29.8 Å². The first-order valence-electron chi connectivity index (χ1n) is 5.88. The number of anilines is 1. The average Bonchev–Trinajstić information content (AvgIpc) is 2.75. The van der Waals surface area contributed by atoms with Gasteiger partial charge in [0.25, 0.3) is 5.88 Å². The zero-order chi connectivity index (χ0) is 14.7. The Labute approximate surface area is 121 Å². The fraction of sp³-hybridized carbons (Fsp3) is 0.231. The zero-order valence-electron chi connectivity index (χ0n) is 11.0. The minimum Gasteiger partial charge on any atom is -0.466 e. The van der Waals surface area contributed by atoms with Crippen molar-refractivity contribution in [2.45, 2.75) is 13.0 Å². The lowest BCUT2D eigenvalue weighted by Crippen LogP contribution is -2.25. The van der Waals surface area contributed by atoms with Crippen LogP contribution in [0.25, 0.3) is 5.69 Å². The number of carbonyl (C=O) groups excluding carboxylic acids is 1. The molecule has 6 nitrogen and oxygen atoms in total. The van der Waals surface area contributed by atoms with Crippen molar-refractivity contribution in [1.29, 1.82) is 0 Å². The molecule has 1 heterocycles. The van der Waals surface area contributed by atoms with Gasteiger partial charge < -0.3 is 15.2 Å². The van der Waals surface area contributed by atoms with Gasteiger partial charge in [0.05, 0.1) is 12.8 Å². The van der Waals surface area contributed by atoms with Crippen LogP contribution in [-0.4, -0.2) is 29.0 Å². The predicted molar refractivity (Wildman–Crippen MR) is 75.1 cm³/mol. The first kappa shape index (κ1) is 14.2. The van der Waals surface area contributed by atoms with Crippen LogP contribution in [0.3, 0.4) is 0 Å². The molecule has 0 aliphatic carbocycles. The normalized spacial score (nSPS) is 11.9. The number of nitrogen functional groups attached to an aromatic ring is 1. The Kier molecular flexibility index (Phi) is 4.14. The maximum atomic E-state index is 11.3. The van der Waals surface area contributed by atoms with Crippen molar-refractivity contribution in [2.75, 3.05) is 12.8 Å². The van der Waals surface area contributed by atoms with Gasteiger partial charge >= 0.3 is 5.97 Å². The number of hydrogen-bond acceptors (Lipinski definition) is 5. The molecule has 0 saturated heterocycles. The summed E-state index contributed by atoms with van der Waals surface area (Å²) in [5.41, 5.74) is 6.64. The van der Waals surface area contributed by atoms with E-state index in [1.807, 2.05) is 30.3 Å². The van der Waals surface area contributed by atoms with Crippen LogP contribution in [-0.2, 0) is 9.53 Å². The Morgan fingerprint density at radius 3 is 2.65 bits per heavy atom. The summed E-state index contributed by atoms with van der Waals surface area (Å²) in [6, 6.07) is 9.23. The molecule has 0 aliphatic heterocycles. The molecular weight excluding hydrogens is 282 g/mol. The Balaban J connectivity index is 2.31. The summed E-state index contributed by atoms with van der Waals surface area (Å²) in [6.45, 7) is 1.54. The number of aromatic nitrogens is 2. The van der Waals surface area contributed by atoms with Gasteiger partial charge in [-0.05, 0) is 19.1 Å². The molecule has 1 aromatic heterocycles. The number of rotatable bonds is 4. The monoisotopic (exact) mass is 295 g/mol. The van der Waals surface area contributed by atoms with Crippen molar-refractivity contribution in [1.82, 2.24) is 9.78 Å². The van der Waals surface area contributed by atoms with E-state index in [1.165, 1.54) is 11.8 Å². The average molecular weight is 296 g/mol. The van der Waals surface area contributed by atoms with Crippen molar-refractivity contribution in [3.63, 3.8) is 0 Å². The van der Waals surface area contributed by atoms with Crippen molar-refractivity contribution in [2.24, 2.45) is 0 Å². The number of benzene rings is 1. The molecule has 1 aromatic carbocycles. The summed E-state index contributed by atoms with van der Waals surface area (Å²) >= 11 is 6.07. The van der Waals surface area contributed by atoms with Crippen LogP contribution in [0.5, 0.6) is 5.88 Å². The molecule has 0 saturated carbocycles. The van der Waals surface area contributed by atoms with E-state index in [1.54, 1.807) is 6.92 Å². The maximum absolute atomic E-state index is 11.3. The van der Waals surface area contributed by atoms with Gasteiger partial charge in [0.2, 0.25) is 0 Å². The number of nitrogens with two attached hydrogens (primary N) is 1. The molecule has 0 fully saturated rings. The van der Waals surface area contributed by atoms with Crippen LogP contribution in [0.2, 0.25) is 5.02 Å². The molecule has 0 bridgehead atoms. The fourth-order valence-corrected chi connectivity index (χ4v) is 1.78. The summed E-state index contributed by atoms with van der Waals surface area (Å²) in [5.74, 6) is -0.190. The van der Waals surface area contributed by atoms with E-state index in [9.17, 15) is 4.79 Å². The first-order valence-corrected chi connectivity index (χ1v) is 6.26. The minimum absolute atomic E-state index is 0.0888. The summed E-state index contributed by atoms with van der Waals surface area (Å²) < 4.78 is 11.4. The fourth-order valence-electron chi connectivity index (χ4n) is 1.61. The lowest BCUT2D eigenvalue weighted by molar-refractivity contribution is -0.148. The van der Waals surface area contributed by atoms with Crippen molar-refractivity contribution < 1.29 is 14.3 Å². The molecule has 2 rings (SSSR count). The number of nitrogens with zero attached hydrogens (tertiary/aromatic N) is 2. The molecule has 106 valence electrons. The lowest BCUT2D eigenvalue weighted by atomic mass is 10.3. The second-order valence-electron chi connectivity index (χ2n) is 4.03. The van der Waals surface area contributed by atoms with E-state index < -0.39 is 12.1 Å². The second-order valence-corrected chi connectivity index (χ2v) is 4.41. The molecule has 7 heteroatoms. The van der Waals surface area contributed by atoms with Gasteiger partial charge in [0.15, 0.2) is 6.10 Å². The van der Waals surface area contributed by atoms with E-state index in [0.29, 0.717) is 0 Å². The predicted octanol–water partition coefficient (Wildman–Crippen LogP) is 2.05. The van der Waals surface area contributed by atoms with Crippen LogP contribution in [0.4, 0.5) is 5.82 Å². The van der Waals surface area contributed by atoms with Gasteiger partial charge in [0, 0.05) is 0 Å². The number of hydrogen-bond donors (Lipinski definition) is 1. The van der Waals surface area contributed by atoms with Crippen molar-refractivity contribution in [3.8, 4) is 11.6 Å². The molecule has 1 atom stereocenters. The van der Waals surface area contributed by atoms with E-state index in [0.717, 1.165) is 5.69 Å². The third-order valence-electron chi connectivity index (χ3n) is 2.65. The number of esters is 1. The Morgan fingerprint density at radius 1 is 1.40 bits per heavy atom. The molecule has 2 N–H and O–H groups in total. The maximum Gasteiger partial charge on any atom is 0.346 e. The number of methoxy groups -OCH3 is 1. The zero-order valence-corrected chi connectivity index (χ0v) is 11.8. The molecular formula is C13H14ClN3O3. The van der Waals surface area contributed by atoms with Gasteiger partial charge in [-0.2, -0.15) is 0 Å². The van der Waals surface area contributed by atoms with Crippen LogP contribution >= 0.6 is 11.6 Å². The SMILES string of the molecule is COC(=O)C(C)Oc1nn(-c2ccccc2)c(N)c1Cl. The van der Waals surface area contributed by atoms with Crippen LogP contribution in [0, 0.1) is 0 Å². The number of ether oxygens (including phenoxy) is 2. The van der Waals surface area contributed by atoms with E-state index in [4.69, 9.17) is 22.1 Å². The van der Waals surface area contributed by atoms with Crippen molar-refractivity contribution in [3.05, 3.63) is 35.4 Å². The van der Waals surface area contributed by atoms with Gasteiger partial charge in [-0.15, -0.1) is 5.10 Å². The standard InChI is InChI=1S/C13H14ClN3O3/c1-8(13(18)19-2)20-12-10(14)11(15)17(16-12)9-6-4-3-5-7-9/h3-8H,15H2,1-2H3. The largest absolute Gasteiger partial charge is 0.466 e. The number of halogens is 1. The van der Waals surface area contributed by atoms with E-state index >= 15 is 0 Å². The summed E-state index contributed by atoms with van der Waals surface area (Å²) in [7, 11) is 1.28. The van der Waals surface area contributed by atoms with Crippen LogP contribution in [0.15, 0.2) is 30.3 Å². The molecule has 0 aliphatic rings. The van der Waals surface area contributed by atoms with E-state index in [-0.39, 0.29) is 16.7 Å². The lowest BCUT2D eigenvalue weighted by Gasteiger charge is -2.09. The van der Waals surface area contributed by atoms with Crippen LogP contribution < -0.4 is 10.5 Å². The Bertz CT molecular complexity index is 613. The molecule has 0 amide bonds. The third-order valence-corrected chi connectivity index (χ3v) is 3.01. The van der Waals surface area contributed by atoms with Gasteiger partial charge in [0.1, 0.15) is 10.8 Å². The highest BCUT2D eigenvalue weighted by Crippen LogP contribution is 2.32. The highest BCUT2D eigenvalue weighted by atomic mass is 35.5. The Hall–Kier alpha value is -2.21. The first-order chi connectivity index (χ1) is 9.54. The Morgan fingerprint density at radius 2 is 2.05 bits per heavy atom. The summed E-state index contributed by atoms with van der Waals surface area (Å²) in [4.78, 5) is 11.3. The minimum atomic E-state index is -0.823. The highest BCUT2D eigenvalue weighted by molar-refractivity contribution is 6.34. The molecule has 0 radical (unpaired) electrons. The second kappa shape index (κ2) is 5.83. The third kappa shape index (κ3) is 2.70. The summed E-state index contributed by atoms with van der Waals surface area (Å²) in [5, 5.41) is 4.32. The molecule has 1 unspecified atom stereocenters. The summed E-state index contributed by atoms with van der Waals surface area (Å²) in [6.07, 6.45) is -0.823. The molecule has 0 spiro atoms.